The Hall–Kier alpha value is -0.870. The number of rotatable bonds is 4. The average molecular weight is 156 g/mol. The van der Waals surface area contributed by atoms with Crippen LogP contribution in [0.15, 0.2) is 10.6 Å². The van der Waals surface area contributed by atoms with Crippen molar-refractivity contribution in [3.05, 3.63) is 17.5 Å². The molecule has 62 valence electrons. The zero-order valence-corrected chi connectivity index (χ0v) is 6.76. The first-order valence-electron chi connectivity index (χ1n) is 3.45. The van der Waals surface area contributed by atoms with Gasteiger partial charge in [0.1, 0.15) is 6.61 Å². The molecule has 4 nitrogen and oxygen atoms in total. The van der Waals surface area contributed by atoms with Gasteiger partial charge in [-0.3, -0.25) is 0 Å². The van der Waals surface area contributed by atoms with Gasteiger partial charge in [-0.25, -0.2) is 0 Å². The topological polar surface area (TPSA) is 47.3 Å². The third kappa shape index (κ3) is 2.32. The molecule has 0 aliphatic rings. The van der Waals surface area contributed by atoms with Crippen LogP contribution in [0.4, 0.5) is 0 Å². The van der Waals surface area contributed by atoms with Gasteiger partial charge in [0.05, 0.1) is 5.69 Å². The largest absolute Gasteiger partial charge is 0.377 e. The second kappa shape index (κ2) is 4.10. The van der Waals surface area contributed by atoms with Crippen molar-refractivity contribution >= 4 is 0 Å². The molecule has 0 saturated carbocycles. The Bertz CT molecular complexity index is 189. The summed E-state index contributed by atoms with van der Waals surface area (Å²) < 4.78 is 9.81. The zero-order chi connectivity index (χ0) is 8.10. The summed E-state index contributed by atoms with van der Waals surface area (Å²) in [4.78, 5) is 0. The molecule has 0 bridgehead atoms. The summed E-state index contributed by atoms with van der Waals surface area (Å²) in [6.07, 6.45) is 0. The molecule has 0 aliphatic carbocycles. The summed E-state index contributed by atoms with van der Waals surface area (Å²) >= 11 is 0. The quantitative estimate of drug-likeness (QED) is 0.691. The van der Waals surface area contributed by atoms with Crippen molar-refractivity contribution in [2.45, 2.75) is 13.2 Å². The molecule has 0 saturated heterocycles. The van der Waals surface area contributed by atoms with Gasteiger partial charge in [-0.2, -0.15) is 0 Å². The van der Waals surface area contributed by atoms with Gasteiger partial charge < -0.3 is 14.6 Å². The summed E-state index contributed by atoms with van der Waals surface area (Å²) in [5, 5.41) is 6.78. The van der Waals surface area contributed by atoms with Crippen LogP contribution in [-0.4, -0.2) is 19.3 Å². The van der Waals surface area contributed by atoms with Crippen molar-refractivity contribution in [3.63, 3.8) is 0 Å². The SMILES string of the molecule is CNCc1cc(COC)on1. The highest BCUT2D eigenvalue weighted by atomic mass is 16.5. The standard InChI is InChI=1S/C7H12N2O2/c1-8-4-6-3-7(5-10-2)11-9-6/h3,8H,4-5H2,1-2H3. The maximum atomic E-state index is 4.94. The van der Waals surface area contributed by atoms with Gasteiger partial charge in [-0.15, -0.1) is 0 Å². The van der Waals surface area contributed by atoms with Gasteiger partial charge in [0.25, 0.3) is 0 Å². The maximum absolute atomic E-state index is 4.94. The molecule has 0 amide bonds. The van der Waals surface area contributed by atoms with Crippen LogP contribution in [0.1, 0.15) is 11.5 Å². The molecule has 0 atom stereocenters. The first-order valence-corrected chi connectivity index (χ1v) is 3.45. The second-order valence-electron chi connectivity index (χ2n) is 2.25. The highest BCUT2D eigenvalue weighted by Gasteiger charge is 2.01. The van der Waals surface area contributed by atoms with E-state index in [9.17, 15) is 0 Å². The van der Waals surface area contributed by atoms with Crippen molar-refractivity contribution in [3.8, 4) is 0 Å². The molecule has 0 spiro atoms. The van der Waals surface area contributed by atoms with E-state index < -0.39 is 0 Å². The molecular weight excluding hydrogens is 144 g/mol. The average Bonchev–Trinajstić information content (AvgIpc) is 2.38. The van der Waals surface area contributed by atoms with E-state index in [0.717, 1.165) is 18.0 Å². The third-order valence-corrected chi connectivity index (χ3v) is 1.25. The molecule has 0 fully saturated rings. The van der Waals surface area contributed by atoms with Gasteiger partial charge in [-0.05, 0) is 7.05 Å². The molecule has 0 radical (unpaired) electrons. The lowest BCUT2D eigenvalue weighted by atomic mass is 10.4. The highest BCUT2D eigenvalue weighted by Crippen LogP contribution is 2.03. The molecule has 0 aromatic carbocycles. The maximum Gasteiger partial charge on any atom is 0.162 e. The Balaban J connectivity index is 2.51. The minimum atomic E-state index is 0.483. The van der Waals surface area contributed by atoms with Crippen LogP contribution in [0, 0.1) is 0 Å². The second-order valence-corrected chi connectivity index (χ2v) is 2.25. The van der Waals surface area contributed by atoms with Gasteiger partial charge in [-0.1, -0.05) is 5.16 Å². The van der Waals surface area contributed by atoms with E-state index in [1.54, 1.807) is 7.11 Å². The Morgan fingerprint density at radius 2 is 2.55 bits per heavy atom. The number of nitrogens with one attached hydrogen (secondary N) is 1. The molecule has 1 rings (SSSR count). The van der Waals surface area contributed by atoms with Crippen molar-refractivity contribution in [2.75, 3.05) is 14.2 Å². The van der Waals surface area contributed by atoms with Crippen LogP contribution >= 0.6 is 0 Å². The van der Waals surface area contributed by atoms with Crippen LogP contribution in [0.25, 0.3) is 0 Å². The number of hydrogen-bond donors (Lipinski definition) is 1. The van der Waals surface area contributed by atoms with E-state index in [0.29, 0.717) is 6.61 Å². The summed E-state index contributed by atoms with van der Waals surface area (Å²) in [6.45, 7) is 1.21. The number of ether oxygens (including phenoxy) is 1. The Kier molecular flexibility index (Phi) is 3.07. The molecule has 0 unspecified atom stereocenters. The van der Waals surface area contributed by atoms with Gasteiger partial charge in [0, 0.05) is 19.7 Å². The molecule has 1 aromatic heterocycles. The van der Waals surface area contributed by atoms with E-state index in [4.69, 9.17) is 9.26 Å². The Labute approximate surface area is 65.5 Å². The predicted octanol–water partition coefficient (Wildman–Crippen LogP) is 0.540. The van der Waals surface area contributed by atoms with E-state index >= 15 is 0 Å². The third-order valence-electron chi connectivity index (χ3n) is 1.25. The van der Waals surface area contributed by atoms with Crippen LogP contribution in [0.2, 0.25) is 0 Å². The van der Waals surface area contributed by atoms with E-state index in [1.807, 2.05) is 13.1 Å². The van der Waals surface area contributed by atoms with Crippen LogP contribution in [-0.2, 0) is 17.9 Å². The molecule has 0 aliphatic heterocycles. The van der Waals surface area contributed by atoms with Crippen LogP contribution < -0.4 is 5.32 Å². The summed E-state index contributed by atoms with van der Waals surface area (Å²) in [6, 6.07) is 1.88. The highest BCUT2D eigenvalue weighted by molar-refractivity contribution is 5.03. The van der Waals surface area contributed by atoms with Crippen molar-refractivity contribution in [1.29, 1.82) is 0 Å². The first-order chi connectivity index (χ1) is 5.36. The normalized spacial score (nSPS) is 10.4. The molecule has 1 heterocycles. The smallest absolute Gasteiger partial charge is 0.162 e. The Morgan fingerprint density at radius 1 is 1.73 bits per heavy atom. The summed E-state index contributed by atoms with van der Waals surface area (Å²) in [5.74, 6) is 0.762. The van der Waals surface area contributed by atoms with Gasteiger partial charge in [0.15, 0.2) is 5.76 Å². The first kappa shape index (κ1) is 8.23. The van der Waals surface area contributed by atoms with Crippen LogP contribution in [0.5, 0.6) is 0 Å². The molecule has 1 N–H and O–H groups in total. The van der Waals surface area contributed by atoms with Crippen molar-refractivity contribution in [1.82, 2.24) is 10.5 Å². The molecule has 4 heteroatoms. The summed E-state index contributed by atoms with van der Waals surface area (Å²) in [5.41, 5.74) is 0.902. The van der Waals surface area contributed by atoms with E-state index in [-0.39, 0.29) is 0 Å². The number of methoxy groups -OCH3 is 1. The molecular formula is C7H12N2O2. The van der Waals surface area contributed by atoms with Crippen molar-refractivity contribution in [2.24, 2.45) is 0 Å². The summed E-state index contributed by atoms with van der Waals surface area (Å²) in [7, 11) is 3.49. The molecule has 11 heavy (non-hydrogen) atoms. The molecule has 1 aromatic rings. The van der Waals surface area contributed by atoms with Crippen molar-refractivity contribution < 1.29 is 9.26 Å². The predicted molar refractivity (Wildman–Crippen MR) is 40.0 cm³/mol. The fourth-order valence-corrected chi connectivity index (χ4v) is 0.830. The lowest BCUT2D eigenvalue weighted by Gasteiger charge is -1.88. The lowest BCUT2D eigenvalue weighted by Crippen LogP contribution is -2.04. The van der Waals surface area contributed by atoms with Gasteiger partial charge in [0.2, 0.25) is 0 Å². The Morgan fingerprint density at radius 3 is 3.18 bits per heavy atom. The lowest BCUT2D eigenvalue weighted by molar-refractivity contribution is 0.155. The minimum Gasteiger partial charge on any atom is -0.377 e. The fraction of sp³-hybridized carbons (Fsp3) is 0.571. The zero-order valence-electron chi connectivity index (χ0n) is 6.76. The fourth-order valence-electron chi connectivity index (χ4n) is 0.830. The van der Waals surface area contributed by atoms with E-state index in [1.165, 1.54) is 0 Å². The minimum absolute atomic E-state index is 0.483. The number of aromatic nitrogens is 1. The monoisotopic (exact) mass is 156 g/mol. The van der Waals surface area contributed by atoms with Crippen LogP contribution in [0.3, 0.4) is 0 Å². The van der Waals surface area contributed by atoms with E-state index in [2.05, 4.69) is 10.5 Å². The van der Waals surface area contributed by atoms with Gasteiger partial charge >= 0.3 is 0 Å². The number of nitrogens with zero attached hydrogens (tertiary/aromatic N) is 1. The number of hydrogen-bond acceptors (Lipinski definition) is 4.